The van der Waals surface area contributed by atoms with E-state index in [1.54, 1.807) is 0 Å². The van der Waals surface area contributed by atoms with Crippen molar-refractivity contribution in [2.75, 3.05) is 26.3 Å². The highest BCUT2D eigenvalue weighted by Gasteiger charge is 2.32. The van der Waals surface area contributed by atoms with Gasteiger partial charge in [0.05, 0.1) is 12.6 Å². The van der Waals surface area contributed by atoms with E-state index in [2.05, 4.69) is 10.2 Å². The molecule has 86 valence electrons. The second kappa shape index (κ2) is 4.81. The van der Waals surface area contributed by atoms with E-state index in [-0.39, 0.29) is 6.04 Å². The topological polar surface area (TPSA) is 61.8 Å². The van der Waals surface area contributed by atoms with E-state index in [4.69, 9.17) is 9.84 Å². The maximum absolute atomic E-state index is 10.6. The van der Waals surface area contributed by atoms with Crippen LogP contribution < -0.4 is 5.32 Å². The van der Waals surface area contributed by atoms with Gasteiger partial charge in [0.25, 0.3) is 0 Å². The molecule has 0 bridgehead atoms. The number of rotatable bonds is 2. The number of nitrogens with zero attached hydrogens (tertiary/aromatic N) is 1. The van der Waals surface area contributed by atoms with Gasteiger partial charge >= 0.3 is 6.09 Å². The summed E-state index contributed by atoms with van der Waals surface area (Å²) in [5, 5.41) is 11.3. The van der Waals surface area contributed by atoms with Crippen LogP contribution in [0.3, 0.4) is 0 Å². The molecule has 2 aliphatic heterocycles. The lowest BCUT2D eigenvalue weighted by molar-refractivity contribution is 0.0143. The molecule has 0 unspecified atom stereocenters. The van der Waals surface area contributed by atoms with Crippen LogP contribution >= 0.6 is 0 Å². The van der Waals surface area contributed by atoms with Gasteiger partial charge in [-0.05, 0) is 32.4 Å². The molecular formula is C10H18N2O3. The highest BCUT2D eigenvalue weighted by atomic mass is 16.5. The molecule has 15 heavy (non-hydrogen) atoms. The molecule has 0 saturated carbocycles. The van der Waals surface area contributed by atoms with E-state index in [0.29, 0.717) is 12.6 Å². The first-order chi connectivity index (χ1) is 7.27. The lowest BCUT2D eigenvalue weighted by Gasteiger charge is -2.37. The summed E-state index contributed by atoms with van der Waals surface area (Å²) in [6.45, 7) is 3.46. The van der Waals surface area contributed by atoms with Crippen molar-refractivity contribution in [2.45, 2.75) is 31.3 Å². The van der Waals surface area contributed by atoms with Crippen LogP contribution in [0.1, 0.15) is 19.3 Å². The molecule has 2 N–H and O–H groups in total. The first kappa shape index (κ1) is 10.7. The summed E-state index contributed by atoms with van der Waals surface area (Å²) < 4.78 is 5.32. The number of amides is 1. The number of hydrogen-bond donors (Lipinski definition) is 2. The Bertz CT molecular complexity index is 229. The molecule has 5 heteroatoms. The van der Waals surface area contributed by atoms with Gasteiger partial charge in [0.2, 0.25) is 0 Å². The molecule has 5 nitrogen and oxygen atoms in total. The Balaban J connectivity index is 1.95. The second-order valence-corrected chi connectivity index (χ2v) is 4.23. The van der Waals surface area contributed by atoms with Gasteiger partial charge in [0, 0.05) is 12.6 Å². The fraction of sp³-hybridized carbons (Fsp3) is 0.900. The summed E-state index contributed by atoms with van der Waals surface area (Å²) in [6.07, 6.45) is 2.45. The van der Waals surface area contributed by atoms with Gasteiger partial charge in [-0.1, -0.05) is 0 Å². The Morgan fingerprint density at radius 3 is 2.80 bits per heavy atom. The Morgan fingerprint density at radius 1 is 1.40 bits per heavy atom. The van der Waals surface area contributed by atoms with E-state index in [1.807, 2.05) is 0 Å². The molecule has 2 rings (SSSR count). The van der Waals surface area contributed by atoms with Crippen molar-refractivity contribution in [2.24, 2.45) is 0 Å². The minimum Gasteiger partial charge on any atom is -0.465 e. The normalized spacial score (nSPS) is 32.8. The van der Waals surface area contributed by atoms with Crippen LogP contribution in [0.2, 0.25) is 0 Å². The molecule has 0 aromatic rings. The number of hydrogen-bond acceptors (Lipinski definition) is 3. The molecule has 0 aromatic heterocycles. The monoisotopic (exact) mass is 214 g/mol. The van der Waals surface area contributed by atoms with Crippen LogP contribution in [-0.4, -0.2) is 54.5 Å². The van der Waals surface area contributed by atoms with Crippen molar-refractivity contribution in [1.82, 2.24) is 10.2 Å². The van der Waals surface area contributed by atoms with E-state index in [9.17, 15) is 4.79 Å². The lowest BCUT2D eigenvalue weighted by Crippen LogP contribution is -2.55. The smallest absolute Gasteiger partial charge is 0.405 e. The SMILES string of the molecule is O=C(O)N[C@@H]1COCC[C@H]1N1CCCC1. The molecule has 0 radical (unpaired) electrons. The molecule has 0 aliphatic carbocycles. The second-order valence-electron chi connectivity index (χ2n) is 4.23. The maximum Gasteiger partial charge on any atom is 0.405 e. The Hall–Kier alpha value is -0.810. The molecule has 2 heterocycles. The summed E-state index contributed by atoms with van der Waals surface area (Å²) in [7, 11) is 0. The molecule has 2 saturated heterocycles. The average Bonchev–Trinajstić information content (AvgIpc) is 2.70. The van der Waals surface area contributed by atoms with Gasteiger partial charge in [-0.3, -0.25) is 4.90 Å². The number of carbonyl (C=O) groups is 1. The van der Waals surface area contributed by atoms with Crippen LogP contribution in [0.4, 0.5) is 4.79 Å². The summed E-state index contributed by atoms with van der Waals surface area (Å²) in [4.78, 5) is 13.0. The summed E-state index contributed by atoms with van der Waals surface area (Å²) >= 11 is 0. The zero-order valence-electron chi connectivity index (χ0n) is 8.82. The van der Waals surface area contributed by atoms with Crippen molar-refractivity contribution in [3.8, 4) is 0 Å². The zero-order chi connectivity index (χ0) is 10.7. The lowest BCUT2D eigenvalue weighted by atomic mass is 10.0. The van der Waals surface area contributed by atoms with Crippen molar-refractivity contribution in [3.63, 3.8) is 0 Å². The predicted molar refractivity (Wildman–Crippen MR) is 55.0 cm³/mol. The van der Waals surface area contributed by atoms with Crippen molar-refractivity contribution < 1.29 is 14.6 Å². The number of ether oxygens (including phenoxy) is 1. The predicted octanol–water partition coefficient (Wildman–Crippen LogP) is 0.507. The van der Waals surface area contributed by atoms with Crippen molar-refractivity contribution >= 4 is 6.09 Å². The Morgan fingerprint density at radius 2 is 2.13 bits per heavy atom. The Labute approximate surface area is 89.4 Å². The van der Waals surface area contributed by atoms with E-state index in [1.165, 1.54) is 12.8 Å². The first-order valence-corrected chi connectivity index (χ1v) is 5.58. The summed E-state index contributed by atoms with van der Waals surface area (Å²) in [5.41, 5.74) is 0. The van der Waals surface area contributed by atoms with Gasteiger partial charge in [-0.25, -0.2) is 4.79 Å². The summed E-state index contributed by atoms with van der Waals surface area (Å²) in [6, 6.07) is 0.270. The third kappa shape index (κ3) is 2.60. The highest BCUT2D eigenvalue weighted by Crippen LogP contribution is 2.20. The van der Waals surface area contributed by atoms with E-state index >= 15 is 0 Å². The zero-order valence-corrected chi connectivity index (χ0v) is 8.82. The minimum atomic E-state index is -0.949. The van der Waals surface area contributed by atoms with Crippen LogP contribution in [0.15, 0.2) is 0 Å². The highest BCUT2D eigenvalue weighted by molar-refractivity contribution is 5.65. The third-order valence-corrected chi connectivity index (χ3v) is 3.24. The van der Waals surface area contributed by atoms with Crippen LogP contribution in [0.25, 0.3) is 0 Å². The van der Waals surface area contributed by atoms with E-state index < -0.39 is 6.09 Å². The molecule has 1 amide bonds. The van der Waals surface area contributed by atoms with Gasteiger partial charge in [-0.15, -0.1) is 0 Å². The standard InChI is InChI=1S/C10H18N2O3/c13-10(14)11-8-7-15-6-3-9(8)12-4-1-2-5-12/h8-9,11H,1-7H2,(H,13,14)/t8-,9-/m1/s1. The fourth-order valence-corrected chi connectivity index (χ4v) is 2.53. The first-order valence-electron chi connectivity index (χ1n) is 5.58. The minimum absolute atomic E-state index is 0.0608. The molecule has 2 aliphatic rings. The number of carboxylic acid groups (broad SMARTS) is 1. The quantitative estimate of drug-likeness (QED) is 0.703. The number of nitrogens with one attached hydrogen (secondary N) is 1. The maximum atomic E-state index is 10.6. The molecule has 2 fully saturated rings. The molecular weight excluding hydrogens is 196 g/mol. The van der Waals surface area contributed by atoms with Gasteiger partial charge in [-0.2, -0.15) is 0 Å². The average molecular weight is 214 g/mol. The van der Waals surface area contributed by atoms with Gasteiger partial charge in [0.15, 0.2) is 0 Å². The number of likely N-dealkylation sites (tertiary alicyclic amines) is 1. The van der Waals surface area contributed by atoms with Crippen LogP contribution in [0.5, 0.6) is 0 Å². The largest absolute Gasteiger partial charge is 0.465 e. The van der Waals surface area contributed by atoms with Crippen LogP contribution in [-0.2, 0) is 4.74 Å². The third-order valence-electron chi connectivity index (χ3n) is 3.24. The molecule has 2 atom stereocenters. The fourth-order valence-electron chi connectivity index (χ4n) is 2.53. The van der Waals surface area contributed by atoms with Crippen LogP contribution in [0, 0.1) is 0 Å². The van der Waals surface area contributed by atoms with Crippen molar-refractivity contribution in [1.29, 1.82) is 0 Å². The molecule has 0 spiro atoms. The van der Waals surface area contributed by atoms with E-state index in [0.717, 1.165) is 26.1 Å². The molecule has 0 aromatic carbocycles. The van der Waals surface area contributed by atoms with Crippen molar-refractivity contribution in [3.05, 3.63) is 0 Å². The Kier molecular flexibility index (Phi) is 3.43. The summed E-state index contributed by atoms with van der Waals surface area (Å²) in [5.74, 6) is 0. The van der Waals surface area contributed by atoms with Gasteiger partial charge in [0.1, 0.15) is 0 Å². The van der Waals surface area contributed by atoms with Gasteiger partial charge < -0.3 is 15.2 Å².